The number of benzene rings is 2. The summed E-state index contributed by atoms with van der Waals surface area (Å²) in [5, 5.41) is 8.03. The van der Waals surface area contributed by atoms with Gasteiger partial charge in [-0.25, -0.2) is 0 Å². The van der Waals surface area contributed by atoms with Gasteiger partial charge in [-0.15, -0.1) is 0 Å². The Kier molecular flexibility index (Phi) is 5.19. The van der Waals surface area contributed by atoms with E-state index in [2.05, 4.69) is 17.3 Å². The van der Waals surface area contributed by atoms with E-state index in [1.54, 1.807) is 0 Å². The van der Waals surface area contributed by atoms with Crippen LogP contribution in [0.5, 0.6) is 0 Å². The van der Waals surface area contributed by atoms with E-state index in [4.69, 9.17) is 11.6 Å². The van der Waals surface area contributed by atoms with Crippen LogP contribution in [0.2, 0.25) is 5.02 Å². The molecule has 4 nitrogen and oxygen atoms in total. The fraction of sp³-hybridized carbons (Fsp3) is 0.200. The van der Waals surface area contributed by atoms with Crippen LogP contribution >= 0.6 is 11.6 Å². The highest BCUT2D eigenvalue weighted by Crippen LogP contribution is 2.18. The number of halogens is 1. The number of nitrogens with one attached hydrogen (secondary N) is 1. The van der Waals surface area contributed by atoms with E-state index >= 15 is 0 Å². The smallest absolute Gasteiger partial charge is 0.256 e. The first-order valence-electron chi connectivity index (χ1n) is 8.25. The molecule has 3 rings (SSSR count). The summed E-state index contributed by atoms with van der Waals surface area (Å²) in [4.78, 5) is 12.4. The summed E-state index contributed by atoms with van der Waals surface area (Å²) in [5.41, 5.74) is 3.77. The zero-order chi connectivity index (χ0) is 17.8. The molecule has 0 saturated heterocycles. The fourth-order valence-corrected chi connectivity index (χ4v) is 2.80. The van der Waals surface area contributed by atoms with Gasteiger partial charge in [0.15, 0.2) is 5.82 Å². The normalized spacial score (nSPS) is 10.7. The number of carbonyl (C=O) groups excluding carboxylic acids is 1. The fourth-order valence-electron chi connectivity index (χ4n) is 2.60. The summed E-state index contributed by atoms with van der Waals surface area (Å²) in [5.74, 6) is 0.374. The van der Waals surface area contributed by atoms with Gasteiger partial charge in [0.2, 0.25) is 0 Å². The third-order valence-electron chi connectivity index (χ3n) is 4.13. The van der Waals surface area contributed by atoms with Crippen LogP contribution in [0.15, 0.2) is 54.6 Å². The van der Waals surface area contributed by atoms with E-state index in [9.17, 15) is 4.79 Å². The van der Waals surface area contributed by atoms with E-state index in [1.165, 1.54) is 5.56 Å². The molecule has 0 aliphatic heterocycles. The van der Waals surface area contributed by atoms with E-state index in [0.29, 0.717) is 22.9 Å². The van der Waals surface area contributed by atoms with Crippen LogP contribution in [0.25, 0.3) is 0 Å². The molecule has 0 unspecified atom stereocenters. The number of amides is 1. The van der Waals surface area contributed by atoms with E-state index in [1.807, 2.05) is 66.2 Å². The van der Waals surface area contributed by atoms with Gasteiger partial charge in [-0.1, -0.05) is 48.9 Å². The molecule has 2 aromatic carbocycles. The van der Waals surface area contributed by atoms with Crippen LogP contribution in [0.1, 0.15) is 34.1 Å². The molecule has 0 spiro atoms. The molecule has 0 atom stereocenters. The molecule has 0 fully saturated rings. The van der Waals surface area contributed by atoms with Gasteiger partial charge in [0.05, 0.1) is 6.54 Å². The summed E-state index contributed by atoms with van der Waals surface area (Å²) >= 11 is 6.21. The van der Waals surface area contributed by atoms with Crippen molar-refractivity contribution < 1.29 is 4.79 Å². The Hall–Kier alpha value is -2.59. The van der Waals surface area contributed by atoms with Crippen LogP contribution in [0, 0.1) is 6.92 Å². The van der Waals surface area contributed by atoms with Crippen molar-refractivity contribution in [2.45, 2.75) is 26.8 Å². The first kappa shape index (κ1) is 17.2. The van der Waals surface area contributed by atoms with Gasteiger partial charge in [-0.2, -0.15) is 5.10 Å². The van der Waals surface area contributed by atoms with Gasteiger partial charge >= 0.3 is 0 Å². The molecule has 128 valence electrons. The largest absolute Gasteiger partial charge is 0.305 e. The van der Waals surface area contributed by atoms with Crippen molar-refractivity contribution in [1.29, 1.82) is 0 Å². The molecule has 0 aliphatic rings. The summed E-state index contributed by atoms with van der Waals surface area (Å²) in [6.45, 7) is 4.60. The van der Waals surface area contributed by atoms with Crippen LogP contribution in [-0.2, 0) is 13.0 Å². The Morgan fingerprint density at radius 2 is 1.88 bits per heavy atom. The lowest BCUT2D eigenvalue weighted by atomic mass is 10.1. The van der Waals surface area contributed by atoms with Crippen molar-refractivity contribution in [2.24, 2.45) is 0 Å². The van der Waals surface area contributed by atoms with Crippen molar-refractivity contribution in [3.05, 3.63) is 82.0 Å². The Morgan fingerprint density at radius 1 is 1.16 bits per heavy atom. The Balaban J connectivity index is 1.73. The molecule has 0 aliphatic carbocycles. The molecule has 0 bridgehead atoms. The molecular formula is C20H20ClN3O. The topological polar surface area (TPSA) is 46.9 Å². The highest BCUT2D eigenvalue weighted by atomic mass is 35.5. The predicted octanol–water partition coefficient (Wildman–Crippen LogP) is 4.71. The van der Waals surface area contributed by atoms with Crippen molar-refractivity contribution in [2.75, 3.05) is 5.32 Å². The predicted molar refractivity (Wildman–Crippen MR) is 101 cm³/mol. The van der Waals surface area contributed by atoms with Gasteiger partial charge in [-0.3, -0.25) is 9.48 Å². The molecule has 25 heavy (non-hydrogen) atoms. The number of hydrogen-bond donors (Lipinski definition) is 1. The van der Waals surface area contributed by atoms with Crippen molar-refractivity contribution in [3.63, 3.8) is 0 Å². The SMILES string of the molecule is CCc1ccc(C(=O)Nc2cc(C)n(Cc3ccccc3Cl)n2)cc1. The molecule has 1 amide bonds. The van der Waals surface area contributed by atoms with E-state index < -0.39 is 0 Å². The second-order valence-electron chi connectivity index (χ2n) is 5.92. The summed E-state index contributed by atoms with van der Waals surface area (Å²) in [6.07, 6.45) is 0.952. The quantitative estimate of drug-likeness (QED) is 0.722. The number of nitrogens with zero attached hydrogens (tertiary/aromatic N) is 2. The van der Waals surface area contributed by atoms with Crippen LogP contribution in [-0.4, -0.2) is 15.7 Å². The average molecular weight is 354 g/mol. The number of hydrogen-bond acceptors (Lipinski definition) is 2. The van der Waals surface area contributed by atoms with Crippen LogP contribution in [0.3, 0.4) is 0 Å². The maximum absolute atomic E-state index is 12.4. The lowest BCUT2D eigenvalue weighted by Gasteiger charge is -2.06. The zero-order valence-corrected chi connectivity index (χ0v) is 15.0. The Labute approximate surface area is 152 Å². The first-order valence-corrected chi connectivity index (χ1v) is 8.62. The monoisotopic (exact) mass is 353 g/mol. The number of aromatic nitrogens is 2. The minimum atomic E-state index is -0.162. The average Bonchev–Trinajstić information content (AvgIpc) is 2.96. The standard InChI is InChI=1S/C20H20ClN3O/c1-3-15-8-10-16(11-9-15)20(25)22-19-12-14(2)24(23-19)13-17-6-4-5-7-18(17)21/h4-12H,3,13H2,1-2H3,(H,22,23,25). The lowest BCUT2D eigenvalue weighted by molar-refractivity contribution is 0.102. The molecule has 0 radical (unpaired) electrons. The van der Waals surface area contributed by atoms with Crippen LogP contribution in [0.4, 0.5) is 5.82 Å². The summed E-state index contributed by atoms with van der Waals surface area (Å²) < 4.78 is 1.83. The Morgan fingerprint density at radius 3 is 2.56 bits per heavy atom. The second kappa shape index (κ2) is 7.53. The molecule has 1 heterocycles. The highest BCUT2D eigenvalue weighted by Gasteiger charge is 2.11. The number of aryl methyl sites for hydroxylation is 2. The van der Waals surface area contributed by atoms with Crippen LogP contribution < -0.4 is 5.32 Å². The van der Waals surface area contributed by atoms with Crippen molar-refractivity contribution >= 4 is 23.3 Å². The van der Waals surface area contributed by atoms with Gasteiger partial charge in [0, 0.05) is 22.3 Å². The third kappa shape index (κ3) is 4.09. The lowest BCUT2D eigenvalue weighted by Crippen LogP contribution is -2.13. The second-order valence-corrected chi connectivity index (χ2v) is 6.33. The van der Waals surface area contributed by atoms with Gasteiger partial charge < -0.3 is 5.32 Å². The highest BCUT2D eigenvalue weighted by molar-refractivity contribution is 6.31. The molecular weight excluding hydrogens is 334 g/mol. The third-order valence-corrected chi connectivity index (χ3v) is 4.49. The maximum atomic E-state index is 12.4. The van der Waals surface area contributed by atoms with Gasteiger partial charge in [0.25, 0.3) is 5.91 Å². The maximum Gasteiger partial charge on any atom is 0.256 e. The number of anilines is 1. The Bertz CT molecular complexity index is 884. The molecule has 1 aromatic heterocycles. The number of rotatable bonds is 5. The summed E-state index contributed by atoms with van der Waals surface area (Å²) in [7, 11) is 0. The summed E-state index contributed by atoms with van der Waals surface area (Å²) in [6, 6.07) is 17.1. The van der Waals surface area contributed by atoms with E-state index in [-0.39, 0.29) is 5.91 Å². The molecule has 3 aromatic rings. The molecule has 1 N–H and O–H groups in total. The minimum Gasteiger partial charge on any atom is -0.305 e. The molecule has 0 saturated carbocycles. The van der Waals surface area contributed by atoms with Crippen molar-refractivity contribution in [1.82, 2.24) is 9.78 Å². The zero-order valence-electron chi connectivity index (χ0n) is 14.3. The van der Waals surface area contributed by atoms with Crippen molar-refractivity contribution in [3.8, 4) is 0 Å². The van der Waals surface area contributed by atoms with Gasteiger partial charge in [0.1, 0.15) is 0 Å². The molecule has 5 heteroatoms. The number of carbonyl (C=O) groups is 1. The minimum absolute atomic E-state index is 0.162. The van der Waals surface area contributed by atoms with Gasteiger partial charge in [-0.05, 0) is 42.7 Å². The van der Waals surface area contributed by atoms with E-state index in [0.717, 1.165) is 17.7 Å². The first-order chi connectivity index (χ1) is 12.1.